The second kappa shape index (κ2) is 15.4. The molecular formula is C13H29BO3S. The normalized spacial score (nSPS) is 10.8. The van der Waals surface area contributed by atoms with E-state index in [-0.39, 0.29) is 0 Å². The average Bonchev–Trinajstić information content (AvgIpc) is 2.34. The van der Waals surface area contributed by atoms with Crippen LogP contribution in [0.4, 0.5) is 0 Å². The monoisotopic (exact) mass is 276 g/mol. The van der Waals surface area contributed by atoms with Crippen LogP contribution >= 0.6 is 11.8 Å². The first-order valence-corrected chi connectivity index (χ1v) is 8.48. The van der Waals surface area contributed by atoms with Crippen molar-refractivity contribution in [2.45, 2.75) is 71.1 Å². The summed E-state index contributed by atoms with van der Waals surface area (Å²) in [6.45, 7) is 2.25. The third kappa shape index (κ3) is 16.3. The molecule has 5 heteroatoms. The number of hydrogen-bond donors (Lipinski definition) is 2. The van der Waals surface area contributed by atoms with Gasteiger partial charge in [-0.3, -0.25) is 0 Å². The van der Waals surface area contributed by atoms with Crippen LogP contribution < -0.4 is 0 Å². The molecule has 0 amide bonds. The summed E-state index contributed by atoms with van der Waals surface area (Å²) in [7, 11) is -1.62. The van der Waals surface area contributed by atoms with Crippen molar-refractivity contribution in [1.82, 2.24) is 0 Å². The lowest BCUT2D eigenvalue weighted by molar-refractivity contribution is 0.220. The Labute approximate surface area is 117 Å². The van der Waals surface area contributed by atoms with Gasteiger partial charge in [-0.05, 0) is 12.2 Å². The maximum atomic E-state index is 8.45. The highest BCUT2D eigenvalue weighted by Gasteiger charge is 2.06. The Bertz CT molecular complexity index is 159. The Morgan fingerprint density at radius 3 is 1.83 bits per heavy atom. The van der Waals surface area contributed by atoms with E-state index in [0.29, 0.717) is 5.94 Å². The lowest BCUT2D eigenvalue weighted by Gasteiger charge is -2.03. The maximum Gasteiger partial charge on any atom is 0.634 e. The molecule has 2 N–H and O–H groups in total. The van der Waals surface area contributed by atoms with E-state index in [0.717, 1.165) is 5.75 Å². The maximum absolute atomic E-state index is 8.45. The summed E-state index contributed by atoms with van der Waals surface area (Å²) in [5.41, 5.74) is 0. The van der Waals surface area contributed by atoms with Gasteiger partial charge in [0.15, 0.2) is 0 Å². The van der Waals surface area contributed by atoms with Crippen molar-refractivity contribution in [3.05, 3.63) is 0 Å². The van der Waals surface area contributed by atoms with Crippen LogP contribution in [-0.4, -0.2) is 29.1 Å². The highest BCUT2D eigenvalue weighted by atomic mass is 32.2. The number of unbranched alkanes of at least 4 members (excludes halogenated alkanes) is 9. The summed E-state index contributed by atoms with van der Waals surface area (Å²) in [6, 6.07) is 0. The minimum Gasteiger partial charge on any atom is -0.402 e. The van der Waals surface area contributed by atoms with E-state index in [1.54, 1.807) is 11.8 Å². The Hall–Kier alpha value is 0.295. The van der Waals surface area contributed by atoms with Crippen molar-refractivity contribution in [3.8, 4) is 0 Å². The van der Waals surface area contributed by atoms with Crippen LogP contribution in [0.2, 0.25) is 0 Å². The number of thioether (sulfide) groups is 1. The SMILES string of the molecule is CCCCCCCCCCCCSCOB(O)O. The van der Waals surface area contributed by atoms with Gasteiger partial charge in [0.25, 0.3) is 0 Å². The molecule has 0 saturated heterocycles. The van der Waals surface area contributed by atoms with Gasteiger partial charge in [0.2, 0.25) is 0 Å². The van der Waals surface area contributed by atoms with Gasteiger partial charge in [0, 0.05) is 0 Å². The molecular weight excluding hydrogens is 247 g/mol. The summed E-state index contributed by atoms with van der Waals surface area (Å²) in [5, 5.41) is 16.9. The van der Waals surface area contributed by atoms with Crippen LogP contribution in [0.5, 0.6) is 0 Å². The molecule has 0 aliphatic heterocycles. The molecule has 0 aliphatic rings. The van der Waals surface area contributed by atoms with Gasteiger partial charge in [-0.25, -0.2) is 0 Å². The average molecular weight is 276 g/mol. The van der Waals surface area contributed by atoms with Crippen molar-refractivity contribution in [2.24, 2.45) is 0 Å². The molecule has 0 atom stereocenters. The standard InChI is InChI=1S/C13H29BO3S/c1-2-3-4-5-6-7-8-9-10-11-12-18-13-17-14(15)16/h15-16H,2-13H2,1H3. The number of rotatable bonds is 14. The Kier molecular flexibility index (Phi) is 15.6. The smallest absolute Gasteiger partial charge is 0.402 e. The molecule has 0 aliphatic carbocycles. The van der Waals surface area contributed by atoms with Crippen molar-refractivity contribution < 1.29 is 14.7 Å². The molecule has 0 aromatic heterocycles. The first kappa shape index (κ1) is 18.3. The lowest BCUT2D eigenvalue weighted by Crippen LogP contribution is -2.16. The van der Waals surface area contributed by atoms with Gasteiger partial charge >= 0.3 is 7.32 Å². The van der Waals surface area contributed by atoms with Crippen LogP contribution in [0.25, 0.3) is 0 Å². The van der Waals surface area contributed by atoms with Gasteiger partial charge in [0.1, 0.15) is 0 Å². The van der Waals surface area contributed by atoms with E-state index in [1.807, 2.05) is 0 Å². The number of hydrogen-bond acceptors (Lipinski definition) is 4. The fourth-order valence-electron chi connectivity index (χ4n) is 1.86. The quantitative estimate of drug-likeness (QED) is 0.289. The van der Waals surface area contributed by atoms with Crippen molar-refractivity contribution in [3.63, 3.8) is 0 Å². The molecule has 0 spiro atoms. The Morgan fingerprint density at radius 2 is 1.33 bits per heavy atom. The van der Waals surface area contributed by atoms with Crippen molar-refractivity contribution >= 4 is 19.1 Å². The third-order valence-corrected chi connectivity index (χ3v) is 3.82. The van der Waals surface area contributed by atoms with E-state index in [9.17, 15) is 0 Å². The zero-order valence-corrected chi connectivity index (χ0v) is 12.6. The zero-order valence-electron chi connectivity index (χ0n) is 11.8. The molecule has 0 rings (SSSR count). The molecule has 18 heavy (non-hydrogen) atoms. The molecule has 0 aromatic rings. The van der Waals surface area contributed by atoms with E-state index in [4.69, 9.17) is 10.0 Å². The van der Waals surface area contributed by atoms with Gasteiger partial charge in [0.05, 0.1) is 5.94 Å². The van der Waals surface area contributed by atoms with Crippen LogP contribution in [-0.2, 0) is 4.65 Å². The van der Waals surface area contributed by atoms with Gasteiger partial charge < -0.3 is 14.7 Å². The van der Waals surface area contributed by atoms with Gasteiger partial charge in [-0.1, -0.05) is 64.7 Å². The highest BCUT2D eigenvalue weighted by Crippen LogP contribution is 2.12. The minimum absolute atomic E-state index is 0.370. The fraction of sp³-hybridized carbons (Fsp3) is 1.00. The van der Waals surface area contributed by atoms with Crippen LogP contribution in [0, 0.1) is 0 Å². The lowest BCUT2D eigenvalue weighted by atomic mass is 10.1. The summed E-state index contributed by atoms with van der Waals surface area (Å²) < 4.78 is 4.61. The van der Waals surface area contributed by atoms with E-state index >= 15 is 0 Å². The van der Waals surface area contributed by atoms with Crippen LogP contribution in [0.1, 0.15) is 71.1 Å². The van der Waals surface area contributed by atoms with Crippen molar-refractivity contribution in [2.75, 3.05) is 11.7 Å². The summed E-state index contributed by atoms with van der Waals surface area (Å²) >= 11 is 1.62. The Morgan fingerprint density at radius 1 is 0.833 bits per heavy atom. The predicted molar refractivity (Wildman–Crippen MR) is 80.4 cm³/mol. The van der Waals surface area contributed by atoms with Crippen molar-refractivity contribution in [1.29, 1.82) is 0 Å². The van der Waals surface area contributed by atoms with E-state index in [2.05, 4.69) is 11.6 Å². The highest BCUT2D eigenvalue weighted by molar-refractivity contribution is 7.99. The van der Waals surface area contributed by atoms with E-state index in [1.165, 1.54) is 64.2 Å². The first-order valence-electron chi connectivity index (χ1n) is 7.33. The third-order valence-electron chi connectivity index (χ3n) is 2.94. The summed E-state index contributed by atoms with van der Waals surface area (Å²) in [5.74, 6) is 1.41. The Balaban J connectivity index is 2.90. The summed E-state index contributed by atoms with van der Waals surface area (Å²) in [4.78, 5) is 0. The molecule has 108 valence electrons. The molecule has 0 heterocycles. The van der Waals surface area contributed by atoms with E-state index < -0.39 is 7.32 Å². The van der Waals surface area contributed by atoms with Crippen LogP contribution in [0.3, 0.4) is 0 Å². The fourth-order valence-corrected chi connectivity index (χ4v) is 2.60. The molecule has 0 saturated carbocycles. The first-order chi connectivity index (χ1) is 8.77. The molecule has 0 radical (unpaired) electrons. The second-order valence-electron chi connectivity index (χ2n) is 4.70. The zero-order chi connectivity index (χ0) is 13.5. The molecule has 0 bridgehead atoms. The van der Waals surface area contributed by atoms with Crippen LogP contribution in [0.15, 0.2) is 0 Å². The van der Waals surface area contributed by atoms with Gasteiger partial charge in [-0.2, -0.15) is 0 Å². The second-order valence-corrected chi connectivity index (χ2v) is 5.75. The molecule has 0 fully saturated rings. The predicted octanol–water partition coefficient (Wildman–Crippen LogP) is 3.58. The topological polar surface area (TPSA) is 49.7 Å². The molecule has 3 nitrogen and oxygen atoms in total. The summed E-state index contributed by atoms with van der Waals surface area (Å²) in [6.07, 6.45) is 13.5. The molecule has 0 unspecified atom stereocenters. The molecule has 0 aromatic carbocycles. The largest absolute Gasteiger partial charge is 0.634 e. The van der Waals surface area contributed by atoms with Gasteiger partial charge in [-0.15, -0.1) is 11.8 Å². The minimum atomic E-state index is -1.62.